The van der Waals surface area contributed by atoms with Crippen LogP contribution >= 0.6 is 15.9 Å². The number of carbonyl (C=O) groups excluding carboxylic acids is 2. The topological polar surface area (TPSA) is 55.4 Å². The molecule has 132 valence electrons. The summed E-state index contributed by atoms with van der Waals surface area (Å²) in [4.78, 5) is 23.4. The van der Waals surface area contributed by atoms with Crippen LogP contribution in [-0.2, 0) is 22.3 Å². The van der Waals surface area contributed by atoms with Crippen LogP contribution in [0.2, 0.25) is 0 Å². The average Bonchev–Trinajstić information content (AvgIpc) is 2.58. The maximum atomic E-state index is 12.9. The van der Waals surface area contributed by atoms with E-state index in [0.717, 1.165) is 10.5 Å². The van der Waals surface area contributed by atoms with Gasteiger partial charge in [-0.05, 0) is 35.9 Å². The summed E-state index contributed by atoms with van der Waals surface area (Å²) in [6.45, 7) is -0.895. The van der Waals surface area contributed by atoms with Gasteiger partial charge in [-0.15, -0.1) is 0 Å². The maximum Gasteiger partial charge on any atom is 0.416 e. The van der Waals surface area contributed by atoms with Crippen molar-refractivity contribution in [3.8, 4) is 0 Å². The predicted octanol–water partition coefficient (Wildman–Crippen LogP) is 3.94. The second kappa shape index (κ2) is 8.15. The van der Waals surface area contributed by atoms with Crippen molar-refractivity contribution in [2.75, 3.05) is 6.61 Å². The first-order valence-electron chi connectivity index (χ1n) is 7.12. The molecule has 1 amide bonds. The zero-order valence-corrected chi connectivity index (χ0v) is 14.4. The SMILES string of the molecule is O=C(COC(=O)c1ccc(Br)cc1)NCc1ccccc1C(F)(F)F. The molecule has 0 spiro atoms. The standard InChI is InChI=1S/C17H13BrF3NO3/c18-13-7-5-11(6-8-13)16(24)25-10-15(23)22-9-12-3-1-2-4-14(12)17(19,20)21/h1-8H,9-10H2,(H,22,23). The fourth-order valence-electron chi connectivity index (χ4n) is 2.00. The number of rotatable bonds is 5. The number of alkyl halides is 3. The van der Waals surface area contributed by atoms with E-state index in [0.29, 0.717) is 0 Å². The Bertz CT molecular complexity index is 760. The van der Waals surface area contributed by atoms with Crippen molar-refractivity contribution in [1.29, 1.82) is 0 Å². The molecule has 2 rings (SSSR count). The third-order valence-electron chi connectivity index (χ3n) is 3.21. The smallest absolute Gasteiger partial charge is 0.416 e. The molecule has 0 saturated carbocycles. The van der Waals surface area contributed by atoms with Crippen molar-refractivity contribution in [3.05, 3.63) is 69.7 Å². The van der Waals surface area contributed by atoms with Crippen LogP contribution in [0, 0.1) is 0 Å². The number of halogens is 4. The summed E-state index contributed by atoms with van der Waals surface area (Å²) in [5.74, 6) is -1.39. The van der Waals surface area contributed by atoms with Gasteiger partial charge < -0.3 is 10.1 Å². The molecule has 0 fully saturated rings. The van der Waals surface area contributed by atoms with Crippen molar-refractivity contribution >= 4 is 27.8 Å². The molecule has 0 aliphatic heterocycles. The molecule has 0 atom stereocenters. The van der Waals surface area contributed by atoms with Crippen LogP contribution in [0.15, 0.2) is 53.0 Å². The van der Waals surface area contributed by atoms with E-state index < -0.39 is 30.2 Å². The normalized spacial score (nSPS) is 11.0. The Hall–Kier alpha value is -2.35. The fraction of sp³-hybridized carbons (Fsp3) is 0.176. The molecule has 0 radical (unpaired) electrons. The van der Waals surface area contributed by atoms with Gasteiger partial charge in [-0.3, -0.25) is 4.79 Å². The molecule has 0 aromatic heterocycles. The Kier molecular flexibility index (Phi) is 6.19. The summed E-state index contributed by atoms with van der Waals surface area (Å²) in [6, 6.07) is 11.3. The van der Waals surface area contributed by atoms with E-state index in [1.165, 1.54) is 30.3 Å². The lowest BCUT2D eigenvalue weighted by molar-refractivity contribution is -0.138. The molecule has 1 N–H and O–H groups in total. The minimum Gasteiger partial charge on any atom is -0.452 e. The number of hydrogen-bond donors (Lipinski definition) is 1. The fourth-order valence-corrected chi connectivity index (χ4v) is 2.26. The van der Waals surface area contributed by atoms with Crippen LogP contribution in [0.4, 0.5) is 13.2 Å². The zero-order chi connectivity index (χ0) is 18.4. The molecule has 0 unspecified atom stereocenters. The van der Waals surface area contributed by atoms with E-state index in [4.69, 9.17) is 4.74 Å². The Morgan fingerprint density at radius 2 is 1.68 bits per heavy atom. The van der Waals surface area contributed by atoms with E-state index >= 15 is 0 Å². The van der Waals surface area contributed by atoms with Crippen molar-refractivity contribution < 1.29 is 27.5 Å². The molecule has 2 aromatic carbocycles. The minimum atomic E-state index is -4.50. The van der Waals surface area contributed by atoms with Crippen LogP contribution < -0.4 is 5.32 Å². The van der Waals surface area contributed by atoms with Gasteiger partial charge in [-0.25, -0.2) is 4.79 Å². The molecule has 8 heteroatoms. The number of hydrogen-bond acceptors (Lipinski definition) is 3. The Balaban J connectivity index is 1.87. The molecule has 0 aliphatic rings. The van der Waals surface area contributed by atoms with Crippen molar-refractivity contribution in [1.82, 2.24) is 5.32 Å². The molecule has 2 aromatic rings. The van der Waals surface area contributed by atoms with Gasteiger partial charge in [0.25, 0.3) is 5.91 Å². The first-order chi connectivity index (χ1) is 11.8. The Morgan fingerprint density at radius 3 is 2.32 bits per heavy atom. The van der Waals surface area contributed by atoms with Crippen molar-refractivity contribution in [2.24, 2.45) is 0 Å². The van der Waals surface area contributed by atoms with Crippen LogP contribution in [-0.4, -0.2) is 18.5 Å². The summed E-state index contributed by atoms with van der Waals surface area (Å²) in [5, 5.41) is 2.30. The molecular formula is C17H13BrF3NO3. The van der Waals surface area contributed by atoms with Crippen LogP contribution in [0.25, 0.3) is 0 Å². The van der Waals surface area contributed by atoms with Gasteiger partial charge in [0.2, 0.25) is 0 Å². The summed E-state index contributed by atoms with van der Waals surface area (Å²) in [6.07, 6.45) is -4.50. The van der Waals surface area contributed by atoms with E-state index in [1.807, 2.05) is 0 Å². The van der Waals surface area contributed by atoms with Crippen LogP contribution in [0.5, 0.6) is 0 Å². The summed E-state index contributed by atoms with van der Waals surface area (Å²) in [7, 11) is 0. The molecule has 0 bridgehead atoms. The third-order valence-corrected chi connectivity index (χ3v) is 3.74. The van der Waals surface area contributed by atoms with Gasteiger partial charge in [0.05, 0.1) is 11.1 Å². The lowest BCUT2D eigenvalue weighted by Gasteiger charge is -2.13. The third kappa shape index (κ3) is 5.60. The van der Waals surface area contributed by atoms with Gasteiger partial charge in [-0.2, -0.15) is 13.2 Å². The highest BCUT2D eigenvalue weighted by molar-refractivity contribution is 9.10. The summed E-state index contributed by atoms with van der Waals surface area (Å²) in [5.41, 5.74) is -0.622. The molecular weight excluding hydrogens is 403 g/mol. The molecule has 0 aliphatic carbocycles. The second-order valence-electron chi connectivity index (χ2n) is 5.01. The van der Waals surface area contributed by atoms with E-state index in [9.17, 15) is 22.8 Å². The first-order valence-corrected chi connectivity index (χ1v) is 7.91. The number of ether oxygens (including phenoxy) is 1. The van der Waals surface area contributed by atoms with Gasteiger partial charge in [0, 0.05) is 11.0 Å². The van der Waals surface area contributed by atoms with E-state index in [-0.39, 0.29) is 17.7 Å². The largest absolute Gasteiger partial charge is 0.452 e. The van der Waals surface area contributed by atoms with Gasteiger partial charge >= 0.3 is 12.1 Å². The first kappa shape index (κ1) is 19.0. The molecule has 0 saturated heterocycles. The quantitative estimate of drug-likeness (QED) is 0.752. The highest BCUT2D eigenvalue weighted by Gasteiger charge is 2.32. The Morgan fingerprint density at radius 1 is 1.04 bits per heavy atom. The average molecular weight is 416 g/mol. The monoisotopic (exact) mass is 415 g/mol. The van der Waals surface area contributed by atoms with Gasteiger partial charge in [0.1, 0.15) is 0 Å². The number of amides is 1. The predicted molar refractivity (Wildman–Crippen MR) is 87.7 cm³/mol. The molecule has 0 heterocycles. The van der Waals surface area contributed by atoms with E-state index in [1.54, 1.807) is 12.1 Å². The second-order valence-corrected chi connectivity index (χ2v) is 5.93. The summed E-state index contributed by atoms with van der Waals surface area (Å²) >= 11 is 3.22. The Labute approximate surface area is 150 Å². The van der Waals surface area contributed by atoms with Crippen molar-refractivity contribution in [2.45, 2.75) is 12.7 Å². The number of esters is 1. The number of nitrogens with one attached hydrogen (secondary N) is 1. The van der Waals surface area contributed by atoms with Gasteiger partial charge in [-0.1, -0.05) is 34.1 Å². The van der Waals surface area contributed by atoms with Crippen LogP contribution in [0.1, 0.15) is 21.5 Å². The number of benzene rings is 2. The van der Waals surface area contributed by atoms with Crippen molar-refractivity contribution in [3.63, 3.8) is 0 Å². The molecule has 4 nitrogen and oxygen atoms in total. The lowest BCUT2D eigenvalue weighted by Crippen LogP contribution is -2.29. The molecule has 25 heavy (non-hydrogen) atoms. The lowest BCUT2D eigenvalue weighted by atomic mass is 10.1. The van der Waals surface area contributed by atoms with E-state index in [2.05, 4.69) is 21.2 Å². The maximum absolute atomic E-state index is 12.9. The van der Waals surface area contributed by atoms with Crippen LogP contribution in [0.3, 0.4) is 0 Å². The summed E-state index contributed by atoms with van der Waals surface area (Å²) < 4.78 is 44.2. The minimum absolute atomic E-state index is 0.0670. The highest BCUT2D eigenvalue weighted by atomic mass is 79.9. The number of carbonyl (C=O) groups is 2. The highest BCUT2D eigenvalue weighted by Crippen LogP contribution is 2.31. The van der Waals surface area contributed by atoms with Gasteiger partial charge in [0.15, 0.2) is 6.61 Å². The zero-order valence-electron chi connectivity index (χ0n) is 12.8.